The molecule has 6 heteroatoms. The molecular formula is C16H20BrF2NO2. The highest BCUT2D eigenvalue weighted by Crippen LogP contribution is 2.33. The Morgan fingerprint density at radius 2 is 1.73 bits per heavy atom. The van der Waals surface area contributed by atoms with Gasteiger partial charge in [0.05, 0.1) is 0 Å². The number of likely N-dealkylation sites (tertiary alicyclic amines) is 1. The number of carbonyl (C=O) groups is 1. The van der Waals surface area contributed by atoms with Gasteiger partial charge in [-0.1, -0.05) is 15.9 Å². The second-order valence-electron chi connectivity index (χ2n) is 6.52. The van der Waals surface area contributed by atoms with Crippen LogP contribution >= 0.6 is 15.9 Å². The van der Waals surface area contributed by atoms with Gasteiger partial charge in [0.25, 0.3) is 0 Å². The van der Waals surface area contributed by atoms with Gasteiger partial charge in [-0.3, -0.25) is 0 Å². The summed E-state index contributed by atoms with van der Waals surface area (Å²) in [7, 11) is 0. The van der Waals surface area contributed by atoms with Crippen LogP contribution in [0.25, 0.3) is 0 Å². The number of piperidine rings is 1. The summed E-state index contributed by atoms with van der Waals surface area (Å²) >= 11 is 3.08. The van der Waals surface area contributed by atoms with Crippen LogP contribution in [0.1, 0.15) is 45.1 Å². The van der Waals surface area contributed by atoms with E-state index in [1.165, 1.54) is 12.1 Å². The Hall–Kier alpha value is -1.17. The van der Waals surface area contributed by atoms with Gasteiger partial charge in [0, 0.05) is 23.1 Å². The molecule has 0 N–H and O–H groups in total. The van der Waals surface area contributed by atoms with Crippen LogP contribution in [0.2, 0.25) is 0 Å². The molecule has 0 saturated carbocycles. The minimum Gasteiger partial charge on any atom is -0.444 e. The smallest absolute Gasteiger partial charge is 0.410 e. The van der Waals surface area contributed by atoms with Gasteiger partial charge in [0.1, 0.15) is 17.2 Å². The zero-order valence-corrected chi connectivity index (χ0v) is 14.5. The van der Waals surface area contributed by atoms with Gasteiger partial charge in [-0.05, 0) is 51.7 Å². The predicted octanol–water partition coefficient (Wildman–Crippen LogP) is 4.84. The number of carbonyl (C=O) groups excluding carboxylic acids is 1. The average Bonchev–Trinajstić information content (AvgIpc) is 2.36. The first-order valence-corrected chi connectivity index (χ1v) is 8.09. The summed E-state index contributed by atoms with van der Waals surface area (Å²) in [4.78, 5) is 13.6. The number of halogens is 3. The molecule has 122 valence electrons. The van der Waals surface area contributed by atoms with E-state index in [9.17, 15) is 13.6 Å². The maximum absolute atomic E-state index is 14.0. The van der Waals surface area contributed by atoms with Crippen LogP contribution in [0.15, 0.2) is 16.6 Å². The molecule has 1 aliphatic rings. The summed E-state index contributed by atoms with van der Waals surface area (Å²) in [5, 5.41) is 0. The molecule has 1 heterocycles. The Labute approximate surface area is 137 Å². The third kappa shape index (κ3) is 4.18. The van der Waals surface area contributed by atoms with Crippen LogP contribution in [0.5, 0.6) is 0 Å². The van der Waals surface area contributed by atoms with Crippen molar-refractivity contribution < 1.29 is 18.3 Å². The second-order valence-corrected chi connectivity index (χ2v) is 7.44. The maximum Gasteiger partial charge on any atom is 0.410 e. The van der Waals surface area contributed by atoms with Gasteiger partial charge in [-0.15, -0.1) is 0 Å². The number of hydrogen-bond acceptors (Lipinski definition) is 2. The summed E-state index contributed by atoms with van der Waals surface area (Å²) in [6.07, 6.45) is 0.673. The second kappa shape index (κ2) is 6.52. The van der Waals surface area contributed by atoms with E-state index in [0.29, 0.717) is 30.4 Å². The molecule has 2 rings (SSSR count). The number of amides is 1. The van der Waals surface area contributed by atoms with Crippen molar-refractivity contribution in [2.75, 3.05) is 13.1 Å². The normalized spacial score (nSPS) is 16.7. The number of ether oxygens (including phenoxy) is 1. The standard InChI is InChI=1S/C16H20BrF2NO2/c1-16(2,3)22-15(21)20-6-4-10(5-7-20)14-12(18)8-11(17)9-13(14)19/h8-10H,4-7H2,1-3H3. The van der Waals surface area contributed by atoms with Crippen molar-refractivity contribution in [3.63, 3.8) is 0 Å². The highest BCUT2D eigenvalue weighted by molar-refractivity contribution is 9.10. The molecule has 0 aliphatic carbocycles. The summed E-state index contributed by atoms with van der Waals surface area (Å²) in [6.45, 7) is 6.31. The third-order valence-electron chi connectivity index (χ3n) is 3.60. The van der Waals surface area contributed by atoms with Gasteiger partial charge in [0.2, 0.25) is 0 Å². The summed E-state index contributed by atoms with van der Waals surface area (Å²) in [6, 6.07) is 2.55. The van der Waals surface area contributed by atoms with E-state index in [1.54, 1.807) is 4.90 Å². The largest absolute Gasteiger partial charge is 0.444 e. The lowest BCUT2D eigenvalue weighted by atomic mass is 9.89. The molecule has 3 nitrogen and oxygen atoms in total. The minimum absolute atomic E-state index is 0.118. The van der Waals surface area contributed by atoms with Crippen molar-refractivity contribution in [1.29, 1.82) is 0 Å². The topological polar surface area (TPSA) is 29.5 Å². The Balaban J connectivity index is 2.02. The lowest BCUT2D eigenvalue weighted by Gasteiger charge is -2.33. The fourth-order valence-electron chi connectivity index (χ4n) is 2.62. The molecule has 1 aromatic carbocycles. The van der Waals surface area contributed by atoms with Gasteiger partial charge < -0.3 is 9.64 Å². The number of hydrogen-bond donors (Lipinski definition) is 0. The van der Waals surface area contributed by atoms with Crippen LogP contribution in [-0.4, -0.2) is 29.7 Å². The van der Waals surface area contributed by atoms with Crippen molar-refractivity contribution in [1.82, 2.24) is 4.90 Å². The minimum atomic E-state index is -0.544. The molecule has 1 amide bonds. The highest BCUT2D eigenvalue weighted by atomic mass is 79.9. The average molecular weight is 376 g/mol. The molecule has 1 aliphatic heterocycles. The van der Waals surface area contributed by atoms with Crippen molar-refractivity contribution in [2.24, 2.45) is 0 Å². The maximum atomic E-state index is 14.0. The highest BCUT2D eigenvalue weighted by Gasteiger charge is 2.30. The van der Waals surface area contributed by atoms with Crippen LogP contribution in [-0.2, 0) is 4.74 Å². The van der Waals surface area contributed by atoms with E-state index in [-0.39, 0.29) is 17.6 Å². The predicted molar refractivity (Wildman–Crippen MR) is 83.8 cm³/mol. The molecule has 0 unspecified atom stereocenters. The van der Waals surface area contributed by atoms with Crippen LogP contribution in [0, 0.1) is 11.6 Å². The van der Waals surface area contributed by atoms with Gasteiger partial charge >= 0.3 is 6.09 Å². The first kappa shape index (κ1) is 17.2. The molecule has 22 heavy (non-hydrogen) atoms. The summed E-state index contributed by atoms with van der Waals surface area (Å²) < 4.78 is 33.7. The van der Waals surface area contributed by atoms with Gasteiger partial charge in [-0.25, -0.2) is 13.6 Å². The fraction of sp³-hybridized carbons (Fsp3) is 0.562. The van der Waals surface area contributed by atoms with Crippen molar-refractivity contribution >= 4 is 22.0 Å². The van der Waals surface area contributed by atoms with Crippen molar-refractivity contribution in [3.05, 3.63) is 33.8 Å². The Kier molecular flexibility index (Phi) is 5.10. The molecule has 1 fully saturated rings. The van der Waals surface area contributed by atoms with E-state index < -0.39 is 17.2 Å². The molecule has 0 bridgehead atoms. The quantitative estimate of drug-likeness (QED) is 0.702. The summed E-state index contributed by atoms with van der Waals surface area (Å²) in [5.41, 5.74) is -0.426. The molecule has 0 aromatic heterocycles. The van der Waals surface area contributed by atoms with E-state index in [0.717, 1.165) is 0 Å². The van der Waals surface area contributed by atoms with Crippen LogP contribution in [0.4, 0.5) is 13.6 Å². The first-order valence-electron chi connectivity index (χ1n) is 7.30. The lowest BCUT2D eigenvalue weighted by Crippen LogP contribution is -2.41. The Morgan fingerprint density at radius 1 is 1.23 bits per heavy atom. The van der Waals surface area contributed by atoms with Crippen molar-refractivity contribution in [3.8, 4) is 0 Å². The number of rotatable bonds is 1. The molecule has 1 aromatic rings. The fourth-order valence-corrected chi connectivity index (χ4v) is 3.02. The molecule has 0 spiro atoms. The van der Waals surface area contributed by atoms with E-state index in [2.05, 4.69) is 15.9 Å². The Bertz CT molecular complexity index is 541. The SMILES string of the molecule is CC(C)(C)OC(=O)N1CCC(c2c(F)cc(Br)cc2F)CC1. The molecular weight excluding hydrogens is 356 g/mol. The zero-order valence-electron chi connectivity index (χ0n) is 13.0. The number of nitrogens with zero attached hydrogens (tertiary/aromatic N) is 1. The van der Waals surface area contributed by atoms with Gasteiger partial charge in [0.15, 0.2) is 0 Å². The summed E-state index contributed by atoms with van der Waals surface area (Å²) in [5.74, 6) is -1.29. The molecule has 0 atom stereocenters. The van der Waals surface area contributed by atoms with Crippen molar-refractivity contribution in [2.45, 2.75) is 45.1 Å². The van der Waals surface area contributed by atoms with Crippen LogP contribution in [0.3, 0.4) is 0 Å². The van der Waals surface area contributed by atoms with E-state index in [4.69, 9.17) is 4.74 Å². The van der Waals surface area contributed by atoms with Crippen LogP contribution < -0.4 is 0 Å². The Morgan fingerprint density at radius 3 is 2.18 bits per heavy atom. The van der Waals surface area contributed by atoms with Gasteiger partial charge in [-0.2, -0.15) is 0 Å². The number of benzene rings is 1. The lowest BCUT2D eigenvalue weighted by molar-refractivity contribution is 0.0204. The first-order chi connectivity index (χ1) is 10.2. The molecule has 1 saturated heterocycles. The van der Waals surface area contributed by atoms with E-state index >= 15 is 0 Å². The monoisotopic (exact) mass is 375 g/mol. The molecule has 0 radical (unpaired) electrons. The third-order valence-corrected chi connectivity index (χ3v) is 4.06. The van der Waals surface area contributed by atoms with E-state index in [1.807, 2.05) is 20.8 Å². The zero-order chi connectivity index (χ0) is 16.5.